The number of nitrogens with zero attached hydrogens (tertiary/aromatic N) is 1. The van der Waals surface area contributed by atoms with Gasteiger partial charge in [0.25, 0.3) is 0 Å². The first-order valence-corrected chi connectivity index (χ1v) is 5.66. The quantitative estimate of drug-likeness (QED) is 0.743. The van der Waals surface area contributed by atoms with Crippen LogP contribution in [-0.4, -0.2) is 48.7 Å². The maximum Gasteiger partial charge on any atom is 0.328 e. The van der Waals surface area contributed by atoms with Crippen LogP contribution in [-0.2, 0) is 14.3 Å². The molecule has 1 heterocycles. The molecule has 0 aliphatic carbocycles. The normalized spacial score (nSPS) is 19.5. The number of hydrogen-bond acceptors (Lipinski definition) is 3. The van der Waals surface area contributed by atoms with Crippen molar-refractivity contribution in [3.63, 3.8) is 0 Å². The van der Waals surface area contributed by atoms with Gasteiger partial charge >= 0.3 is 5.97 Å². The molecule has 1 N–H and O–H groups in total. The van der Waals surface area contributed by atoms with Crippen LogP contribution < -0.4 is 0 Å². The minimum Gasteiger partial charge on any atom is -0.478 e. The van der Waals surface area contributed by atoms with Gasteiger partial charge in [-0.2, -0.15) is 0 Å². The SMILES string of the molecule is COCC1(C)CCN(C(=O)/C=C/C(=O)O)CC1. The molecule has 0 aromatic carbocycles. The summed E-state index contributed by atoms with van der Waals surface area (Å²) in [5, 5.41) is 8.44. The van der Waals surface area contributed by atoms with Gasteiger partial charge in [0.15, 0.2) is 0 Å². The second-order valence-corrected chi connectivity index (χ2v) is 4.74. The molecule has 0 radical (unpaired) electrons. The van der Waals surface area contributed by atoms with E-state index in [0.29, 0.717) is 19.7 Å². The van der Waals surface area contributed by atoms with Crippen LogP contribution in [0, 0.1) is 5.41 Å². The van der Waals surface area contributed by atoms with E-state index in [1.807, 2.05) is 0 Å². The number of methoxy groups -OCH3 is 1. The Kier molecular flexibility index (Phi) is 4.69. The minimum atomic E-state index is -1.10. The molecular formula is C12H19NO4. The number of aliphatic carboxylic acids is 1. The summed E-state index contributed by atoms with van der Waals surface area (Å²) in [4.78, 5) is 23.6. The lowest BCUT2D eigenvalue weighted by molar-refractivity contribution is -0.133. The average Bonchev–Trinajstić information content (AvgIpc) is 2.27. The van der Waals surface area contributed by atoms with Gasteiger partial charge in [-0.05, 0) is 18.3 Å². The first-order valence-electron chi connectivity index (χ1n) is 5.66. The van der Waals surface area contributed by atoms with Crippen molar-refractivity contribution in [3.8, 4) is 0 Å². The zero-order valence-corrected chi connectivity index (χ0v) is 10.3. The summed E-state index contributed by atoms with van der Waals surface area (Å²) in [5.74, 6) is -1.33. The molecule has 5 heteroatoms. The highest BCUT2D eigenvalue weighted by atomic mass is 16.5. The second-order valence-electron chi connectivity index (χ2n) is 4.74. The zero-order valence-electron chi connectivity index (χ0n) is 10.3. The third-order valence-corrected chi connectivity index (χ3v) is 3.14. The molecule has 0 unspecified atom stereocenters. The number of likely N-dealkylation sites (tertiary alicyclic amines) is 1. The topological polar surface area (TPSA) is 66.8 Å². The predicted molar refractivity (Wildman–Crippen MR) is 62.6 cm³/mol. The third kappa shape index (κ3) is 4.19. The van der Waals surface area contributed by atoms with Crippen molar-refractivity contribution in [2.45, 2.75) is 19.8 Å². The van der Waals surface area contributed by atoms with Gasteiger partial charge in [-0.15, -0.1) is 0 Å². The Morgan fingerprint density at radius 3 is 2.41 bits per heavy atom. The molecule has 1 aliphatic heterocycles. The van der Waals surface area contributed by atoms with Gasteiger partial charge in [0, 0.05) is 32.4 Å². The summed E-state index contributed by atoms with van der Waals surface area (Å²) < 4.78 is 5.16. The third-order valence-electron chi connectivity index (χ3n) is 3.14. The summed E-state index contributed by atoms with van der Waals surface area (Å²) in [6.07, 6.45) is 3.76. The first kappa shape index (κ1) is 13.7. The van der Waals surface area contributed by atoms with Crippen LogP contribution in [0.5, 0.6) is 0 Å². The molecule has 1 aliphatic rings. The van der Waals surface area contributed by atoms with Gasteiger partial charge in [-0.25, -0.2) is 4.79 Å². The lowest BCUT2D eigenvalue weighted by atomic mass is 9.81. The molecule has 1 saturated heterocycles. The smallest absolute Gasteiger partial charge is 0.328 e. The van der Waals surface area contributed by atoms with Crippen LogP contribution in [0.4, 0.5) is 0 Å². The van der Waals surface area contributed by atoms with Crippen molar-refractivity contribution in [2.24, 2.45) is 5.41 Å². The molecule has 0 saturated carbocycles. The van der Waals surface area contributed by atoms with Gasteiger partial charge < -0.3 is 14.7 Å². The fourth-order valence-corrected chi connectivity index (χ4v) is 2.01. The van der Waals surface area contributed by atoms with Crippen LogP contribution in [0.25, 0.3) is 0 Å². The number of amides is 1. The summed E-state index contributed by atoms with van der Waals surface area (Å²) >= 11 is 0. The molecule has 1 amide bonds. The van der Waals surface area contributed by atoms with E-state index < -0.39 is 5.97 Å². The molecule has 0 atom stereocenters. The standard InChI is InChI=1S/C12H19NO4/c1-12(9-17-2)5-7-13(8-6-12)10(14)3-4-11(15)16/h3-4H,5-9H2,1-2H3,(H,15,16)/b4-3+. The first-order chi connectivity index (χ1) is 7.97. The summed E-state index contributed by atoms with van der Waals surface area (Å²) in [5.41, 5.74) is 0.127. The number of piperidine rings is 1. The molecule has 96 valence electrons. The second kappa shape index (κ2) is 5.82. The van der Waals surface area contributed by atoms with Crippen molar-refractivity contribution >= 4 is 11.9 Å². The van der Waals surface area contributed by atoms with Crippen molar-refractivity contribution in [2.75, 3.05) is 26.8 Å². The van der Waals surface area contributed by atoms with E-state index in [4.69, 9.17) is 9.84 Å². The maximum absolute atomic E-state index is 11.6. The highest BCUT2D eigenvalue weighted by molar-refractivity contribution is 5.93. The van der Waals surface area contributed by atoms with Gasteiger partial charge in [0.05, 0.1) is 6.61 Å². The molecular weight excluding hydrogens is 222 g/mol. The Balaban J connectivity index is 2.46. The Morgan fingerprint density at radius 1 is 1.35 bits per heavy atom. The van der Waals surface area contributed by atoms with Crippen LogP contribution in [0.2, 0.25) is 0 Å². The van der Waals surface area contributed by atoms with Crippen molar-refractivity contribution in [3.05, 3.63) is 12.2 Å². The number of carboxylic acid groups (broad SMARTS) is 1. The Hall–Kier alpha value is -1.36. The summed E-state index contributed by atoms with van der Waals surface area (Å²) in [7, 11) is 1.68. The molecule has 0 spiro atoms. The molecule has 0 aromatic rings. The number of carbonyl (C=O) groups is 2. The van der Waals surface area contributed by atoms with E-state index in [0.717, 1.165) is 25.0 Å². The monoisotopic (exact) mass is 241 g/mol. The van der Waals surface area contributed by atoms with Gasteiger partial charge in [-0.1, -0.05) is 6.92 Å². The summed E-state index contributed by atoms with van der Waals surface area (Å²) in [6, 6.07) is 0. The zero-order chi connectivity index (χ0) is 12.9. The fourth-order valence-electron chi connectivity index (χ4n) is 2.01. The van der Waals surface area contributed by atoms with E-state index in [-0.39, 0.29) is 11.3 Å². The van der Waals surface area contributed by atoms with Crippen LogP contribution >= 0.6 is 0 Å². The van der Waals surface area contributed by atoms with Crippen LogP contribution in [0.3, 0.4) is 0 Å². The van der Waals surface area contributed by atoms with Crippen molar-refractivity contribution < 1.29 is 19.4 Å². The van der Waals surface area contributed by atoms with Gasteiger partial charge in [-0.3, -0.25) is 4.79 Å². The molecule has 17 heavy (non-hydrogen) atoms. The van der Waals surface area contributed by atoms with Crippen molar-refractivity contribution in [1.82, 2.24) is 4.90 Å². The number of ether oxygens (including phenoxy) is 1. The molecule has 1 fully saturated rings. The average molecular weight is 241 g/mol. The maximum atomic E-state index is 11.6. The summed E-state index contributed by atoms with van der Waals surface area (Å²) in [6.45, 7) is 4.15. The van der Waals surface area contributed by atoms with E-state index in [9.17, 15) is 9.59 Å². The minimum absolute atomic E-state index is 0.127. The molecule has 1 rings (SSSR count). The Labute approximate surface area is 101 Å². The lowest BCUT2D eigenvalue weighted by Crippen LogP contribution is -2.43. The fraction of sp³-hybridized carbons (Fsp3) is 0.667. The lowest BCUT2D eigenvalue weighted by Gasteiger charge is -2.38. The molecule has 0 aromatic heterocycles. The van der Waals surface area contributed by atoms with E-state index in [1.54, 1.807) is 12.0 Å². The largest absolute Gasteiger partial charge is 0.478 e. The van der Waals surface area contributed by atoms with E-state index in [1.165, 1.54) is 0 Å². The van der Waals surface area contributed by atoms with Crippen LogP contribution in [0.1, 0.15) is 19.8 Å². The van der Waals surface area contributed by atoms with Crippen LogP contribution in [0.15, 0.2) is 12.2 Å². The predicted octanol–water partition coefficient (Wildman–Crippen LogP) is 0.902. The molecule has 0 bridgehead atoms. The number of carbonyl (C=O) groups excluding carboxylic acids is 1. The Bertz CT molecular complexity index is 316. The van der Waals surface area contributed by atoms with E-state index in [2.05, 4.69) is 6.92 Å². The Morgan fingerprint density at radius 2 is 1.94 bits per heavy atom. The highest BCUT2D eigenvalue weighted by Crippen LogP contribution is 2.30. The highest BCUT2D eigenvalue weighted by Gasteiger charge is 2.31. The van der Waals surface area contributed by atoms with E-state index >= 15 is 0 Å². The molecule has 5 nitrogen and oxygen atoms in total. The number of rotatable bonds is 4. The van der Waals surface area contributed by atoms with Gasteiger partial charge in [0.2, 0.25) is 5.91 Å². The van der Waals surface area contributed by atoms with Gasteiger partial charge in [0.1, 0.15) is 0 Å². The number of carboxylic acids is 1. The van der Waals surface area contributed by atoms with Crippen molar-refractivity contribution in [1.29, 1.82) is 0 Å². The number of hydrogen-bond donors (Lipinski definition) is 1.